The van der Waals surface area contributed by atoms with Gasteiger partial charge in [-0.1, -0.05) is 35.3 Å². The Bertz CT molecular complexity index is 1240. The molecule has 0 fully saturated rings. The van der Waals surface area contributed by atoms with E-state index in [-0.39, 0.29) is 5.91 Å². The Morgan fingerprint density at radius 3 is 2.47 bits per heavy atom. The monoisotopic (exact) mass is 438 g/mol. The predicted octanol–water partition coefficient (Wildman–Crippen LogP) is 4.90. The lowest BCUT2D eigenvalue weighted by Crippen LogP contribution is -2.16. The number of nitrogens with one attached hydrogen (secondary N) is 1. The van der Waals surface area contributed by atoms with Crippen LogP contribution in [0.2, 0.25) is 10.0 Å². The number of rotatable bonds is 4. The zero-order valence-corrected chi connectivity index (χ0v) is 17.6. The van der Waals surface area contributed by atoms with Crippen molar-refractivity contribution in [1.82, 2.24) is 25.0 Å². The van der Waals surface area contributed by atoms with E-state index in [1.807, 2.05) is 38.1 Å². The van der Waals surface area contributed by atoms with Crippen LogP contribution in [-0.4, -0.2) is 30.9 Å². The Balaban J connectivity index is 1.57. The summed E-state index contributed by atoms with van der Waals surface area (Å²) in [6.07, 6.45) is 6.20. The Hall–Kier alpha value is -3.29. The topological polar surface area (TPSA) is 85.6 Å². The normalized spacial score (nSPS) is 10.8. The number of hydrogen-bond donors (Lipinski definition) is 1. The molecule has 1 amide bonds. The molecule has 7 nitrogen and oxygen atoms in total. The van der Waals surface area contributed by atoms with Gasteiger partial charge in [-0.2, -0.15) is 10.2 Å². The Labute approximate surface area is 182 Å². The fourth-order valence-corrected chi connectivity index (χ4v) is 3.46. The first-order valence-corrected chi connectivity index (χ1v) is 9.75. The van der Waals surface area contributed by atoms with Crippen LogP contribution in [0.15, 0.2) is 55.1 Å². The SMILES string of the molecule is Cc1cc(-c2cccc(Cl)c2C)cnc1C(=O)Nc1cnc(-n2nccn2)c(Cl)c1. The molecule has 0 saturated heterocycles. The van der Waals surface area contributed by atoms with Crippen LogP contribution >= 0.6 is 23.2 Å². The van der Waals surface area contributed by atoms with Crippen LogP contribution in [0.5, 0.6) is 0 Å². The number of pyridine rings is 2. The Morgan fingerprint density at radius 2 is 1.77 bits per heavy atom. The Kier molecular flexibility index (Phi) is 5.48. The summed E-state index contributed by atoms with van der Waals surface area (Å²) < 4.78 is 0. The molecule has 0 saturated carbocycles. The molecule has 150 valence electrons. The van der Waals surface area contributed by atoms with Crippen LogP contribution in [0.25, 0.3) is 16.9 Å². The lowest BCUT2D eigenvalue weighted by molar-refractivity contribution is 0.102. The number of halogens is 2. The van der Waals surface area contributed by atoms with Gasteiger partial charge in [-0.3, -0.25) is 9.78 Å². The van der Waals surface area contributed by atoms with Crippen molar-refractivity contribution in [3.05, 3.63) is 82.0 Å². The van der Waals surface area contributed by atoms with Gasteiger partial charge < -0.3 is 5.32 Å². The van der Waals surface area contributed by atoms with Crippen LogP contribution in [0, 0.1) is 13.8 Å². The fourth-order valence-electron chi connectivity index (χ4n) is 3.04. The van der Waals surface area contributed by atoms with Gasteiger partial charge in [0.25, 0.3) is 5.91 Å². The second kappa shape index (κ2) is 8.22. The molecule has 4 rings (SSSR count). The van der Waals surface area contributed by atoms with E-state index in [0.717, 1.165) is 22.3 Å². The highest BCUT2D eigenvalue weighted by Crippen LogP contribution is 2.29. The van der Waals surface area contributed by atoms with E-state index in [1.165, 1.54) is 23.4 Å². The van der Waals surface area contributed by atoms with Gasteiger partial charge in [-0.25, -0.2) is 4.98 Å². The summed E-state index contributed by atoms with van der Waals surface area (Å²) in [7, 11) is 0. The van der Waals surface area contributed by atoms with Crippen molar-refractivity contribution < 1.29 is 4.79 Å². The van der Waals surface area contributed by atoms with E-state index in [9.17, 15) is 4.79 Å². The van der Waals surface area contributed by atoms with Gasteiger partial charge in [0.2, 0.25) is 0 Å². The molecule has 0 atom stereocenters. The van der Waals surface area contributed by atoms with Gasteiger partial charge in [0, 0.05) is 16.8 Å². The molecule has 9 heteroatoms. The van der Waals surface area contributed by atoms with Crippen LogP contribution in [0.1, 0.15) is 21.6 Å². The maximum absolute atomic E-state index is 12.7. The summed E-state index contributed by atoms with van der Waals surface area (Å²) in [6, 6.07) is 9.21. The van der Waals surface area contributed by atoms with E-state index in [2.05, 4.69) is 25.5 Å². The minimum Gasteiger partial charge on any atom is -0.319 e. The number of amides is 1. The summed E-state index contributed by atoms with van der Waals surface area (Å²) >= 11 is 12.5. The minimum atomic E-state index is -0.357. The molecule has 1 aromatic carbocycles. The zero-order valence-electron chi connectivity index (χ0n) is 16.1. The molecule has 0 aliphatic heterocycles. The fraction of sp³-hybridized carbons (Fsp3) is 0.0952. The van der Waals surface area contributed by atoms with Gasteiger partial charge in [-0.15, -0.1) is 4.80 Å². The summed E-state index contributed by atoms with van der Waals surface area (Å²) in [5, 5.41) is 11.8. The highest BCUT2D eigenvalue weighted by molar-refractivity contribution is 6.32. The molecule has 1 N–H and O–H groups in total. The van der Waals surface area contributed by atoms with Crippen molar-refractivity contribution in [1.29, 1.82) is 0 Å². The van der Waals surface area contributed by atoms with Crippen LogP contribution in [0.4, 0.5) is 5.69 Å². The average molecular weight is 439 g/mol. The summed E-state index contributed by atoms with van der Waals surface area (Å²) in [5.41, 5.74) is 4.32. The molecule has 0 spiro atoms. The summed E-state index contributed by atoms with van der Waals surface area (Å²) in [5.74, 6) is 0.0138. The Morgan fingerprint density at radius 1 is 1.00 bits per heavy atom. The van der Waals surface area contributed by atoms with Crippen molar-refractivity contribution in [2.24, 2.45) is 0 Å². The summed E-state index contributed by atoms with van der Waals surface area (Å²) in [4.78, 5) is 22.6. The van der Waals surface area contributed by atoms with E-state index in [0.29, 0.717) is 27.2 Å². The zero-order chi connectivity index (χ0) is 21.3. The molecule has 3 heterocycles. The van der Waals surface area contributed by atoms with Gasteiger partial charge in [0.15, 0.2) is 5.82 Å². The van der Waals surface area contributed by atoms with Crippen molar-refractivity contribution in [2.45, 2.75) is 13.8 Å². The largest absolute Gasteiger partial charge is 0.319 e. The average Bonchev–Trinajstić information content (AvgIpc) is 3.24. The third-order valence-electron chi connectivity index (χ3n) is 4.56. The molecule has 0 aliphatic rings. The second-order valence-electron chi connectivity index (χ2n) is 6.60. The lowest BCUT2D eigenvalue weighted by atomic mass is 10.00. The van der Waals surface area contributed by atoms with Gasteiger partial charge >= 0.3 is 0 Å². The number of carbonyl (C=O) groups is 1. The standard InChI is InChI=1S/C21H16Cl2N6O/c1-12-8-14(16-4-3-5-17(22)13(16)2)10-24-19(12)21(30)28-15-9-18(23)20(25-11-15)29-26-6-7-27-29/h3-11H,1-2H3,(H,28,30). The van der Waals surface area contributed by atoms with Gasteiger partial charge in [-0.05, 0) is 48.7 Å². The molecular weight excluding hydrogens is 423 g/mol. The first kappa shape index (κ1) is 20.0. The molecule has 30 heavy (non-hydrogen) atoms. The maximum Gasteiger partial charge on any atom is 0.274 e. The first-order chi connectivity index (χ1) is 14.4. The van der Waals surface area contributed by atoms with Crippen LogP contribution in [0.3, 0.4) is 0 Å². The number of hydrogen-bond acceptors (Lipinski definition) is 5. The quantitative estimate of drug-likeness (QED) is 0.489. The van der Waals surface area contributed by atoms with Crippen molar-refractivity contribution >= 4 is 34.8 Å². The number of benzene rings is 1. The molecule has 0 radical (unpaired) electrons. The number of carbonyl (C=O) groups excluding carboxylic acids is 1. The number of anilines is 1. The minimum absolute atomic E-state index is 0.306. The highest BCUT2D eigenvalue weighted by Gasteiger charge is 2.15. The molecule has 0 bridgehead atoms. The molecule has 0 aliphatic carbocycles. The molecule has 0 unspecified atom stereocenters. The number of aryl methyl sites for hydroxylation is 1. The van der Waals surface area contributed by atoms with Crippen LogP contribution < -0.4 is 5.32 Å². The molecule has 3 aromatic heterocycles. The van der Waals surface area contributed by atoms with Crippen molar-refractivity contribution in [3.8, 4) is 16.9 Å². The van der Waals surface area contributed by atoms with Crippen molar-refractivity contribution in [2.75, 3.05) is 5.32 Å². The van der Waals surface area contributed by atoms with E-state index in [1.54, 1.807) is 12.3 Å². The smallest absolute Gasteiger partial charge is 0.274 e. The molecule has 4 aromatic rings. The van der Waals surface area contributed by atoms with Gasteiger partial charge in [0.05, 0.1) is 29.3 Å². The number of nitrogens with zero attached hydrogens (tertiary/aromatic N) is 5. The van der Waals surface area contributed by atoms with E-state index in [4.69, 9.17) is 23.2 Å². The van der Waals surface area contributed by atoms with E-state index >= 15 is 0 Å². The second-order valence-corrected chi connectivity index (χ2v) is 7.42. The van der Waals surface area contributed by atoms with Crippen LogP contribution in [-0.2, 0) is 0 Å². The number of aromatic nitrogens is 5. The molecular formula is C21H16Cl2N6O. The van der Waals surface area contributed by atoms with E-state index < -0.39 is 0 Å². The summed E-state index contributed by atoms with van der Waals surface area (Å²) in [6.45, 7) is 3.79. The van der Waals surface area contributed by atoms with Gasteiger partial charge in [0.1, 0.15) is 5.69 Å². The predicted molar refractivity (Wildman–Crippen MR) is 116 cm³/mol. The highest BCUT2D eigenvalue weighted by atomic mass is 35.5. The van der Waals surface area contributed by atoms with Crippen molar-refractivity contribution in [3.63, 3.8) is 0 Å². The maximum atomic E-state index is 12.7. The lowest BCUT2D eigenvalue weighted by Gasteiger charge is -2.11. The third kappa shape index (κ3) is 3.90. The third-order valence-corrected chi connectivity index (χ3v) is 5.25. The first-order valence-electron chi connectivity index (χ1n) is 9.00.